The van der Waals surface area contributed by atoms with Crippen LogP contribution in [0, 0.1) is 0 Å². The molecule has 0 radical (unpaired) electrons. The van der Waals surface area contributed by atoms with Gasteiger partial charge in [-0.15, -0.1) is 0 Å². The molecule has 2 aromatic rings. The van der Waals surface area contributed by atoms with Crippen molar-refractivity contribution >= 4 is 29.0 Å². The second-order valence-corrected chi connectivity index (χ2v) is 5.75. The number of carbonyl (C=O) groups is 1. The van der Waals surface area contributed by atoms with E-state index in [-0.39, 0.29) is 5.78 Å². The number of benzene rings is 2. The predicted molar refractivity (Wildman–Crippen MR) is 78.1 cm³/mol. The molecule has 0 unspecified atom stereocenters. The zero-order valence-corrected chi connectivity index (χ0v) is 11.7. The van der Waals surface area contributed by atoms with Gasteiger partial charge in [0.2, 0.25) is 0 Å². The SMILES string of the molecule is O=C(c1cc(Cl)ccc1Cl)C1(c2ccccc2)CC1. The Kier molecular flexibility index (Phi) is 3.12. The fraction of sp³-hybridized carbons (Fsp3) is 0.188. The van der Waals surface area contributed by atoms with Crippen molar-refractivity contribution in [3.05, 3.63) is 69.7 Å². The predicted octanol–water partition coefficient (Wildman–Crippen LogP) is 4.91. The number of hydrogen-bond donors (Lipinski definition) is 0. The van der Waals surface area contributed by atoms with Gasteiger partial charge in [-0.25, -0.2) is 0 Å². The highest BCUT2D eigenvalue weighted by Gasteiger charge is 2.51. The lowest BCUT2D eigenvalue weighted by Crippen LogP contribution is -2.21. The first kappa shape index (κ1) is 12.7. The highest BCUT2D eigenvalue weighted by Crippen LogP contribution is 2.51. The van der Waals surface area contributed by atoms with Gasteiger partial charge in [-0.05, 0) is 36.6 Å². The molecule has 0 aromatic heterocycles. The van der Waals surface area contributed by atoms with Crippen LogP contribution >= 0.6 is 23.2 Å². The summed E-state index contributed by atoms with van der Waals surface area (Å²) >= 11 is 12.1. The molecule has 0 atom stereocenters. The number of ketones is 1. The maximum absolute atomic E-state index is 12.8. The number of carbonyl (C=O) groups excluding carboxylic acids is 1. The first-order chi connectivity index (χ1) is 9.13. The van der Waals surface area contributed by atoms with Crippen LogP contribution < -0.4 is 0 Å². The van der Waals surface area contributed by atoms with E-state index in [0.717, 1.165) is 18.4 Å². The molecule has 3 rings (SSSR count). The average Bonchev–Trinajstić information content (AvgIpc) is 3.23. The third-order valence-corrected chi connectivity index (χ3v) is 4.25. The lowest BCUT2D eigenvalue weighted by Gasteiger charge is -2.15. The van der Waals surface area contributed by atoms with E-state index in [0.29, 0.717) is 15.6 Å². The Labute approximate surface area is 122 Å². The molecule has 2 aromatic carbocycles. The molecule has 0 N–H and O–H groups in total. The summed E-state index contributed by atoms with van der Waals surface area (Å²) in [5, 5.41) is 1.01. The molecule has 0 bridgehead atoms. The van der Waals surface area contributed by atoms with E-state index in [2.05, 4.69) is 0 Å². The van der Waals surface area contributed by atoms with Gasteiger partial charge in [0.1, 0.15) is 0 Å². The zero-order chi connectivity index (χ0) is 13.5. The van der Waals surface area contributed by atoms with Gasteiger partial charge in [-0.3, -0.25) is 4.79 Å². The molecule has 1 aliphatic rings. The number of halogens is 2. The summed E-state index contributed by atoms with van der Waals surface area (Å²) in [6, 6.07) is 14.9. The van der Waals surface area contributed by atoms with Gasteiger partial charge in [0.05, 0.1) is 10.4 Å². The molecular formula is C16H12Cl2O. The molecule has 1 nitrogen and oxygen atoms in total. The second kappa shape index (κ2) is 4.66. The van der Waals surface area contributed by atoms with Crippen molar-refractivity contribution in [1.29, 1.82) is 0 Å². The number of hydrogen-bond acceptors (Lipinski definition) is 1. The molecular weight excluding hydrogens is 279 g/mol. The van der Waals surface area contributed by atoms with Crippen LogP contribution in [0.25, 0.3) is 0 Å². The van der Waals surface area contributed by atoms with Crippen LogP contribution in [0.3, 0.4) is 0 Å². The van der Waals surface area contributed by atoms with Crippen molar-refractivity contribution in [3.63, 3.8) is 0 Å². The Morgan fingerprint density at radius 3 is 2.32 bits per heavy atom. The summed E-state index contributed by atoms with van der Waals surface area (Å²) in [6.07, 6.45) is 1.75. The van der Waals surface area contributed by atoms with Crippen molar-refractivity contribution in [2.75, 3.05) is 0 Å². The van der Waals surface area contributed by atoms with E-state index < -0.39 is 5.41 Å². The van der Waals surface area contributed by atoms with E-state index in [1.165, 1.54) is 0 Å². The van der Waals surface area contributed by atoms with Gasteiger partial charge < -0.3 is 0 Å². The van der Waals surface area contributed by atoms with Crippen LogP contribution in [-0.4, -0.2) is 5.78 Å². The first-order valence-corrected chi connectivity index (χ1v) is 6.94. The van der Waals surface area contributed by atoms with Crippen LogP contribution in [0.2, 0.25) is 10.0 Å². The average molecular weight is 291 g/mol. The molecule has 1 fully saturated rings. The van der Waals surface area contributed by atoms with Gasteiger partial charge in [-0.2, -0.15) is 0 Å². The van der Waals surface area contributed by atoms with E-state index in [1.54, 1.807) is 18.2 Å². The lowest BCUT2D eigenvalue weighted by atomic mass is 9.87. The monoisotopic (exact) mass is 290 g/mol. The van der Waals surface area contributed by atoms with Crippen molar-refractivity contribution in [3.8, 4) is 0 Å². The summed E-state index contributed by atoms with van der Waals surface area (Å²) in [5.74, 6) is 0.0752. The summed E-state index contributed by atoms with van der Waals surface area (Å²) in [5.41, 5.74) is 1.20. The molecule has 0 spiro atoms. The van der Waals surface area contributed by atoms with Gasteiger partial charge in [0.25, 0.3) is 0 Å². The maximum Gasteiger partial charge on any atom is 0.174 e. The maximum atomic E-state index is 12.8. The van der Waals surface area contributed by atoms with Gasteiger partial charge in [0.15, 0.2) is 5.78 Å². The smallest absolute Gasteiger partial charge is 0.174 e. The minimum atomic E-state index is -0.393. The Bertz CT molecular complexity index is 630. The summed E-state index contributed by atoms with van der Waals surface area (Å²) < 4.78 is 0. The highest BCUT2D eigenvalue weighted by molar-refractivity contribution is 6.36. The topological polar surface area (TPSA) is 17.1 Å². The third kappa shape index (κ3) is 2.18. The first-order valence-electron chi connectivity index (χ1n) is 6.19. The van der Waals surface area contributed by atoms with E-state index >= 15 is 0 Å². The van der Waals surface area contributed by atoms with E-state index in [9.17, 15) is 4.79 Å². The largest absolute Gasteiger partial charge is 0.293 e. The van der Waals surface area contributed by atoms with Gasteiger partial charge >= 0.3 is 0 Å². The van der Waals surface area contributed by atoms with Crippen LogP contribution in [0.4, 0.5) is 0 Å². The van der Waals surface area contributed by atoms with Crippen LogP contribution in [-0.2, 0) is 5.41 Å². The van der Waals surface area contributed by atoms with E-state index in [1.807, 2.05) is 30.3 Å². The normalized spacial score (nSPS) is 16.1. The van der Waals surface area contributed by atoms with Crippen molar-refractivity contribution in [2.45, 2.75) is 18.3 Å². The Hall–Kier alpha value is -1.31. The summed E-state index contributed by atoms with van der Waals surface area (Å²) in [6.45, 7) is 0. The van der Waals surface area contributed by atoms with E-state index in [4.69, 9.17) is 23.2 Å². The van der Waals surface area contributed by atoms with Gasteiger partial charge in [0, 0.05) is 10.6 Å². The molecule has 0 saturated heterocycles. The highest BCUT2D eigenvalue weighted by atomic mass is 35.5. The second-order valence-electron chi connectivity index (χ2n) is 4.90. The minimum absolute atomic E-state index is 0.0752. The molecule has 0 amide bonds. The van der Waals surface area contributed by atoms with Crippen LogP contribution in [0.5, 0.6) is 0 Å². The third-order valence-electron chi connectivity index (χ3n) is 3.68. The standard InChI is InChI=1S/C16H12Cl2O/c17-12-6-7-14(18)13(10-12)15(19)16(8-9-16)11-4-2-1-3-5-11/h1-7,10H,8-9H2. The fourth-order valence-corrected chi connectivity index (χ4v) is 2.83. The molecule has 19 heavy (non-hydrogen) atoms. The van der Waals surface area contributed by atoms with Crippen molar-refractivity contribution in [2.24, 2.45) is 0 Å². The summed E-state index contributed by atoms with van der Waals surface area (Å²) in [7, 11) is 0. The Balaban J connectivity index is 2.03. The molecule has 1 saturated carbocycles. The molecule has 1 aliphatic carbocycles. The Morgan fingerprint density at radius 2 is 1.68 bits per heavy atom. The van der Waals surface area contributed by atoms with Crippen molar-refractivity contribution in [1.82, 2.24) is 0 Å². The molecule has 96 valence electrons. The molecule has 0 heterocycles. The zero-order valence-electron chi connectivity index (χ0n) is 10.2. The minimum Gasteiger partial charge on any atom is -0.293 e. The molecule has 3 heteroatoms. The number of rotatable bonds is 3. The lowest BCUT2D eigenvalue weighted by molar-refractivity contribution is 0.0946. The van der Waals surface area contributed by atoms with Crippen LogP contribution in [0.15, 0.2) is 48.5 Å². The quantitative estimate of drug-likeness (QED) is 0.734. The Morgan fingerprint density at radius 1 is 1.00 bits per heavy atom. The van der Waals surface area contributed by atoms with Gasteiger partial charge in [-0.1, -0.05) is 53.5 Å². The van der Waals surface area contributed by atoms with Crippen LogP contribution in [0.1, 0.15) is 28.8 Å². The van der Waals surface area contributed by atoms with Crippen molar-refractivity contribution < 1.29 is 4.79 Å². The summed E-state index contributed by atoms with van der Waals surface area (Å²) in [4.78, 5) is 12.8. The fourth-order valence-electron chi connectivity index (χ4n) is 2.46. The molecule has 0 aliphatic heterocycles. The number of Topliss-reactive ketones (excluding diaryl/α,β-unsaturated/α-hetero) is 1.